The third-order valence-electron chi connectivity index (χ3n) is 3.46. The van der Waals surface area contributed by atoms with E-state index in [-0.39, 0.29) is 0 Å². The molecule has 0 spiro atoms. The van der Waals surface area contributed by atoms with Gasteiger partial charge in [-0.3, -0.25) is 4.98 Å². The van der Waals surface area contributed by atoms with Gasteiger partial charge in [-0.25, -0.2) is 0 Å². The number of thiophene rings is 1. The highest BCUT2D eigenvalue weighted by atomic mass is 79.9. The second kappa shape index (κ2) is 6.04. The van der Waals surface area contributed by atoms with E-state index in [9.17, 15) is 0 Å². The van der Waals surface area contributed by atoms with Crippen molar-refractivity contribution in [2.75, 3.05) is 7.05 Å². The third-order valence-corrected chi connectivity index (χ3v) is 5.41. The molecule has 0 radical (unpaired) electrons. The van der Waals surface area contributed by atoms with Crippen LogP contribution in [-0.2, 0) is 6.42 Å². The molecular formula is C16H15BrN2S. The zero-order valence-electron chi connectivity index (χ0n) is 11.1. The van der Waals surface area contributed by atoms with Crippen molar-refractivity contribution >= 4 is 38.2 Å². The monoisotopic (exact) mass is 346 g/mol. The number of likely N-dealkylation sites (N-methyl/N-ethyl adjacent to an activating group) is 1. The lowest BCUT2D eigenvalue weighted by molar-refractivity contribution is 0.596. The number of hydrogen-bond donors (Lipinski definition) is 1. The Morgan fingerprint density at radius 3 is 2.95 bits per heavy atom. The lowest BCUT2D eigenvalue weighted by Gasteiger charge is -2.16. The maximum absolute atomic E-state index is 4.37. The van der Waals surface area contributed by atoms with E-state index >= 15 is 0 Å². The van der Waals surface area contributed by atoms with Crippen LogP contribution in [0.2, 0.25) is 0 Å². The first-order valence-electron chi connectivity index (χ1n) is 6.52. The standard InChI is InChI=1S/C16H15BrN2S/c1-18-15(10-16-13(17)6-8-20-16)12-4-5-14-11(9-12)3-2-7-19-14/h2-9,15,18H,10H2,1H3. The Morgan fingerprint density at radius 1 is 1.30 bits per heavy atom. The Hall–Kier alpha value is -1.23. The molecule has 1 N–H and O–H groups in total. The average molecular weight is 347 g/mol. The van der Waals surface area contributed by atoms with Crippen LogP contribution in [0.4, 0.5) is 0 Å². The second-order valence-corrected chi connectivity index (χ2v) is 6.55. The van der Waals surface area contributed by atoms with Crippen LogP contribution in [0.25, 0.3) is 10.9 Å². The minimum atomic E-state index is 0.314. The second-order valence-electron chi connectivity index (χ2n) is 4.69. The fraction of sp³-hybridized carbons (Fsp3) is 0.188. The Labute approximate surface area is 131 Å². The molecule has 0 saturated carbocycles. The molecule has 3 aromatic rings. The van der Waals surface area contributed by atoms with Crippen molar-refractivity contribution < 1.29 is 0 Å². The van der Waals surface area contributed by atoms with Crippen molar-refractivity contribution in [1.29, 1.82) is 0 Å². The van der Waals surface area contributed by atoms with Crippen molar-refractivity contribution in [3.8, 4) is 0 Å². The molecule has 0 fully saturated rings. The zero-order valence-corrected chi connectivity index (χ0v) is 13.5. The molecule has 0 aliphatic heterocycles. The molecule has 1 unspecified atom stereocenters. The number of fused-ring (bicyclic) bond motifs is 1. The molecule has 0 saturated heterocycles. The van der Waals surface area contributed by atoms with Gasteiger partial charge in [0, 0.05) is 33.4 Å². The molecule has 2 heterocycles. The van der Waals surface area contributed by atoms with Crippen LogP contribution in [0.1, 0.15) is 16.5 Å². The van der Waals surface area contributed by atoms with Crippen LogP contribution >= 0.6 is 27.3 Å². The summed E-state index contributed by atoms with van der Waals surface area (Å²) in [5, 5.41) is 6.73. The summed E-state index contributed by atoms with van der Waals surface area (Å²) in [4.78, 5) is 5.74. The first kappa shape index (κ1) is 13.7. The van der Waals surface area contributed by atoms with Gasteiger partial charge in [0.1, 0.15) is 0 Å². The molecule has 3 rings (SSSR count). The van der Waals surface area contributed by atoms with Crippen molar-refractivity contribution in [2.45, 2.75) is 12.5 Å². The summed E-state index contributed by atoms with van der Waals surface area (Å²) >= 11 is 5.40. The predicted octanol–water partition coefficient (Wildman–Crippen LogP) is 4.56. The molecule has 2 nitrogen and oxygen atoms in total. The van der Waals surface area contributed by atoms with Crippen LogP contribution in [0.15, 0.2) is 52.4 Å². The van der Waals surface area contributed by atoms with Gasteiger partial charge in [0.15, 0.2) is 0 Å². The number of rotatable bonds is 4. The molecule has 1 aromatic carbocycles. The number of hydrogen-bond acceptors (Lipinski definition) is 3. The van der Waals surface area contributed by atoms with E-state index in [1.165, 1.54) is 20.3 Å². The molecule has 0 aliphatic rings. The Morgan fingerprint density at radius 2 is 2.20 bits per heavy atom. The maximum atomic E-state index is 4.37. The van der Waals surface area contributed by atoms with Gasteiger partial charge in [-0.2, -0.15) is 0 Å². The van der Waals surface area contributed by atoms with Gasteiger partial charge < -0.3 is 5.32 Å². The summed E-state index contributed by atoms with van der Waals surface area (Å²) in [5.41, 5.74) is 2.34. The number of pyridine rings is 1. The average Bonchev–Trinajstić information content (AvgIpc) is 2.89. The number of nitrogens with one attached hydrogen (secondary N) is 1. The van der Waals surface area contributed by atoms with E-state index in [0.717, 1.165) is 11.9 Å². The molecule has 2 aromatic heterocycles. The number of aromatic nitrogens is 1. The van der Waals surface area contributed by atoms with Crippen molar-refractivity contribution in [1.82, 2.24) is 10.3 Å². The van der Waals surface area contributed by atoms with E-state index in [1.54, 1.807) is 11.3 Å². The Balaban J connectivity index is 1.92. The third kappa shape index (κ3) is 2.77. The smallest absolute Gasteiger partial charge is 0.0702 e. The van der Waals surface area contributed by atoms with E-state index in [4.69, 9.17) is 0 Å². The van der Waals surface area contributed by atoms with Crippen LogP contribution in [0, 0.1) is 0 Å². The lowest BCUT2D eigenvalue weighted by Crippen LogP contribution is -2.18. The van der Waals surface area contributed by atoms with Crippen LogP contribution in [-0.4, -0.2) is 12.0 Å². The minimum Gasteiger partial charge on any atom is -0.313 e. The van der Waals surface area contributed by atoms with Gasteiger partial charge in [0.05, 0.1) is 5.52 Å². The van der Waals surface area contributed by atoms with Gasteiger partial charge in [0.2, 0.25) is 0 Å². The molecule has 1 atom stereocenters. The fourth-order valence-corrected chi connectivity index (χ4v) is 3.91. The van der Waals surface area contributed by atoms with E-state index in [0.29, 0.717) is 6.04 Å². The van der Waals surface area contributed by atoms with Crippen LogP contribution < -0.4 is 5.32 Å². The van der Waals surface area contributed by atoms with Gasteiger partial charge >= 0.3 is 0 Å². The predicted molar refractivity (Wildman–Crippen MR) is 89.3 cm³/mol. The maximum Gasteiger partial charge on any atom is 0.0702 e. The van der Waals surface area contributed by atoms with Crippen molar-refractivity contribution in [3.63, 3.8) is 0 Å². The molecule has 102 valence electrons. The Bertz CT molecular complexity index is 723. The number of halogens is 1. The van der Waals surface area contributed by atoms with E-state index < -0.39 is 0 Å². The van der Waals surface area contributed by atoms with Gasteiger partial charge in [0.25, 0.3) is 0 Å². The highest BCUT2D eigenvalue weighted by Gasteiger charge is 2.13. The summed E-state index contributed by atoms with van der Waals surface area (Å²) in [7, 11) is 2.01. The highest BCUT2D eigenvalue weighted by Crippen LogP contribution is 2.29. The van der Waals surface area contributed by atoms with E-state index in [2.05, 4.69) is 61.9 Å². The highest BCUT2D eigenvalue weighted by molar-refractivity contribution is 9.10. The van der Waals surface area contributed by atoms with Crippen LogP contribution in [0.3, 0.4) is 0 Å². The molecule has 20 heavy (non-hydrogen) atoms. The van der Waals surface area contributed by atoms with Crippen molar-refractivity contribution in [2.24, 2.45) is 0 Å². The summed E-state index contributed by atoms with van der Waals surface area (Å²) in [6.07, 6.45) is 2.82. The molecule has 0 bridgehead atoms. The Kier molecular flexibility index (Phi) is 4.15. The summed E-state index contributed by atoms with van der Waals surface area (Å²) in [6, 6.07) is 13.0. The largest absolute Gasteiger partial charge is 0.313 e. The summed E-state index contributed by atoms with van der Waals surface area (Å²) in [6.45, 7) is 0. The summed E-state index contributed by atoms with van der Waals surface area (Å²) in [5.74, 6) is 0. The normalized spacial score (nSPS) is 12.7. The van der Waals surface area contributed by atoms with Gasteiger partial charge in [-0.15, -0.1) is 11.3 Å². The quantitative estimate of drug-likeness (QED) is 0.748. The van der Waals surface area contributed by atoms with Gasteiger partial charge in [-0.1, -0.05) is 12.1 Å². The number of nitrogens with zero attached hydrogens (tertiary/aromatic N) is 1. The number of benzene rings is 1. The van der Waals surface area contributed by atoms with E-state index in [1.807, 2.05) is 19.3 Å². The summed E-state index contributed by atoms with van der Waals surface area (Å²) < 4.78 is 1.20. The topological polar surface area (TPSA) is 24.9 Å². The first-order valence-corrected chi connectivity index (χ1v) is 8.19. The molecule has 0 aliphatic carbocycles. The van der Waals surface area contributed by atoms with Gasteiger partial charge in [-0.05, 0) is 58.2 Å². The SMILES string of the molecule is CNC(Cc1sccc1Br)c1ccc2ncccc2c1. The molecular weight excluding hydrogens is 332 g/mol. The molecule has 0 amide bonds. The fourth-order valence-electron chi connectivity index (χ4n) is 2.35. The van der Waals surface area contributed by atoms with Crippen LogP contribution in [0.5, 0.6) is 0 Å². The minimum absolute atomic E-state index is 0.314. The zero-order chi connectivity index (χ0) is 13.9. The lowest BCUT2D eigenvalue weighted by atomic mass is 10.0. The first-order chi connectivity index (χ1) is 9.78. The molecule has 4 heteroatoms. The van der Waals surface area contributed by atoms with Crippen molar-refractivity contribution in [3.05, 3.63) is 62.9 Å².